The molecule has 3 rings (SSSR count). The highest BCUT2D eigenvalue weighted by molar-refractivity contribution is 5.80. The number of benzene rings is 2. The summed E-state index contributed by atoms with van der Waals surface area (Å²) in [6.07, 6.45) is 5.16. The predicted octanol–water partition coefficient (Wildman–Crippen LogP) is 5.09. The fraction of sp³-hybridized carbons (Fsp3) is 0.458. The van der Waals surface area contributed by atoms with E-state index in [-0.39, 0.29) is 11.0 Å². The van der Waals surface area contributed by atoms with E-state index >= 15 is 0 Å². The zero-order valence-electron chi connectivity index (χ0n) is 17.1. The van der Waals surface area contributed by atoms with E-state index in [1.807, 2.05) is 6.21 Å². The zero-order valence-corrected chi connectivity index (χ0v) is 17.1. The van der Waals surface area contributed by atoms with Gasteiger partial charge in [-0.15, -0.1) is 0 Å². The van der Waals surface area contributed by atoms with E-state index in [9.17, 15) is 0 Å². The Hall–Kier alpha value is -2.13. The lowest BCUT2D eigenvalue weighted by atomic mass is 9.67. The molecule has 3 nitrogen and oxygen atoms in total. The van der Waals surface area contributed by atoms with Gasteiger partial charge in [-0.25, -0.2) is 0 Å². The zero-order chi connectivity index (χ0) is 19.3. The van der Waals surface area contributed by atoms with Crippen molar-refractivity contribution in [3.8, 4) is 0 Å². The molecule has 0 saturated carbocycles. The molecule has 0 N–H and O–H groups in total. The summed E-state index contributed by atoms with van der Waals surface area (Å²) < 4.78 is 6.01. The highest BCUT2D eigenvalue weighted by Crippen LogP contribution is 2.43. The largest absolute Gasteiger partial charge is 0.378 e. The van der Waals surface area contributed by atoms with E-state index in [2.05, 4.69) is 87.4 Å². The van der Waals surface area contributed by atoms with Crippen LogP contribution >= 0.6 is 0 Å². The van der Waals surface area contributed by atoms with Gasteiger partial charge in [-0.1, -0.05) is 42.5 Å². The number of aliphatic imine (C=N–C) groups is 1. The molecule has 0 bridgehead atoms. The van der Waals surface area contributed by atoms with E-state index in [0.717, 1.165) is 38.0 Å². The molecule has 1 unspecified atom stereocenters. The summed E-state index contributed by atoms with van der Waals surface area (Å²) in [6.45, 7) is 6.07. The monoisotopic (exact) mass is 364 g/mol. The third-order valence-corrected chi connectivity index (χ3v) is 5.59. The summed E-state index contributed by atoms with van der Waals surface area (Å²) in [5.74, 6) is 0. The van der Waals surface area contributed by atoms with Crippen molar-refractivity contribution >= 4 is 11.9 Å². The maximum atomic E-state index is 6.01. The fourth-order valence-corrected chi connectivity index (χ4v) is 4.18. The van der Waals surface area contributed by atoms with Gasteiger partial charge in [-0.05, 0) is 56.4 Å². The van der Waals surface area contributed by atoms with Crippen molar-refractivity contribution in [3.05, 3.63) is 65.7 Å². The van der Waals surface area contributed by atoms with Gasteiger partial charge in [-0.2, -0.15) is 0 Å². The van der Waals surface area contributed by atoms with Crippen LogP contribution in [0.15, 0.2) is 59.6 Å². The molecule has 2 aromatic carbocycles. The van der Waals surface area contributed by atoms with Crippen LogP contribution in [-0.4, -0.2) is 39.1 Å². The van der Waals surface area contributed by atoms with Crippen LogP contribution in [0.3, 0.4) is 0 Å². The van der Waals surface area contributed by atoms with Gasteiger partial charge < -0.3 is 9.64 Å². The maximum Gasteiger partial charge on any atom is 0.0635 e. The number of anilines is 1. The Bertz CT molecular complexity index is 750. The average Bonchev–Trinajstić information content (AvgIpc) is 2.65. The minimum absolute atomic E-state index is 0.0835. The van der Waals surface area contributed by atoms with Gasteiger partial charge in [0.25, 0.3) is 0 Å². The summed E-state index contributed by atoms with van der Waals surface area (Å²) in [5, 5.41) is 0. The molecule has 0 aliphatic carbocycles. The second-order valence-electron chi connectivity index (χ2n) is 8.45. The summed E-state index contributed by atoms with van der Waals surface area (Å²) in [5.41, 5.74) is 3.85. The van der Waals surface area contributed by atoms with Crippen molar-refractivity contribution in [2.75, 3.05) is 32.1 Å². The Kier molecular flexibility index (Phi) is 6.01. The van der Waals surface area contributed by atoms with E-state index < -0.39 is 0 Å². The fourth-order valence-electron chi connectivity index (χ4n) is 4.18. The first-order valence-corrected chi connectivity index (χ1v) is 9.87. The lowest BCUT2D eigenvalue weighted by Gasteiger charge is -2.45. The summed E-state index contributed by atoms with van der Waals surface area (Å²) in [7, 11) is 4.11. The van der Waals surface area contributed by atoms with E-state index in [0.29, 0.717) is 0 Å². The Morgan fingerprint density at radius 3 is 2.37 bits per heavy atom. The molecule has 0 amide bonds. The number of ether oxygens (including phenoxy) is 1. The highest BCUT2D eigenvalue weighted by Gasteiger charge is 2.41. The lowest BCUT2D eigenvalue weighted by Crippen LogP contribution is -2.44. The molecule has 1 atom stereocenters. The molecule has 1 aliphatic heterocycles. The number of hydrogen-bond donors (Lipinski definition) is 0. The molecule has 1 aliphatic rings. The molecule has 27 heavy (non-hydrogen) atoms. The third-order valence-electron chi connectivity index (χ3n) is 5.59. The Labute approximate surface area is 164 Å². The number of nitrogens with zero attached hydrogens (tertiary/aromatic N) is 2. The van der Waals surface area contributed by atoms with Crippen molar-refractivity contribution in [3.63, 3.8) is 0 Å². The number of hydrogen-bond acceptors (Lipinski definition) is 3. The average molecular weight is 365 g/mol. The highest BCUT2D eigenvalue weighted by atomic mass is 16.5. The van der Waals surface area contributed by atoms with Crippen LogP contribution in [0, 0.1) is 0 Å². The van der Waals surface area contributed by atoms with Crippen LogP contribution in [-0.2, 0) is 10.2 Å². The summed E-state index contributed by atoms with van der Waals surface area (Å²) in [6, 6.07) is 19.5. The number of rotatable bonds is 6. The minimum atomic E-state index is -0.0835. The minimum Gasteiger partial charge on any atom is -0.378 e. The molecule has 0 aromatic heterocycles. The van der Waals surface area contributed by atoms with Gasteiger partial charge >= 0.3 is 0 Å². The van der Waals surface area contributed by atoms with Gasteiger partial charge in [0.2, 0.25) is 0 Å². The Balaban J connectivity index is 1.70. The molecule has 0 spiro atoms. The van der Waals surface area contributed by atoms with E-state index in [1.165, 1.54) is 11.3 Å². The molecular weight excluding hydrogens is 332 g/mol. The Morgan fingerprint density at radius 2 is 1.74 bits per heavy atom. The van der Waals surface area contributed by atoms with E-state index in [1.54, 1.807) is 0 Å². The first kappa shape index (κ1) is 19.6. The van der Waals surface area contributed by atoms with Crippen LogP contribution < -0.4 is 4.90 Å². The van der Waals surface area contributed by atoms with Gasteiger partial charge in [0.15, 0.2) is 0 Å². The predicted molar refractivity (Wildman–Crippen MR) is 115 cm³/mol. The van der Waals surface area contributed by atoms with Crippen LogP contribution in [0.4, 0.5) is 5.69 Å². The molecule has 0 radical (unpaired) electrons. The van der Waals surface area contributed by atoms with Gasteiger partial charge in [-0.3, -0.25) is 4.99 Å². The molecule has 2 aromatic rings. The first-order valence-electron chi connectivity index (χ1n) is 9.87. The normalized spacial score (nSPS) is 22.1. The van der Waals surface area contributed by atoms with Crippen LogP contribution in [0.1, 0.15) is 44.2 Å². The molecule has 1 fully saturated rings. The van der Waals surface area contributed by atoms with Crippen LogP contribution in [0.5, 0.6) is 0 Å². The van der Waals surface area contributed by atoms with Gasteiger partial charge in [0, 0.05) is 44.6 Å². The smallest absolute Gasteiger partial charge is 0.0635 e. The van der Waals surface area contributed by atoms with Crippen LogP contribution in [0.25, 0.3) is 0 Å². The summed E-state index contributed by atoms with van der Waals surface area (Å²) in [4.78, 5) is 6.86. The molecule has 1 heterocycles. The van der Waals surface area contributed by atoms with Crippen molar-refractivity contribution < 1.29 is 4.74 Å². The van der Waals surface area contributed by atoms with Gasteiger partial charge in [0.1, 0.15) is 0 Å². The maximum absolute atomic E-state index is 6.01. The topological polar surface area (TPSA) is 24.8 Å². The van der Waals surface area contributed by atoms with Crippen molar-refractivity contribution in [2.45, 2.75) is 44.1 Å². The summed E-state index contributed by atoms with van der Waals surface area (Å²) >= 11 is 0. The van der Waals surface area contributed by atoms with Crippen molar-refractivity contribution in [2.24, 2.45) is 4.99 Å². The quantitative estimate of drug-likeness (QED) is 0.667. The molecule has 3 heteroatoms. The Morgan fingerprint density at radius 1 is 1.04 bits per heavy atom. The van der Waals surface area contributed by atoms with Crippen molar-refractivity contribution in [1.82, 2.24) is 0 Å². The molecular formula is C24H32N2O. The third kappa shape index (κ3) is 4.98. The van der Waals surface area contributed by atoms with Crippen molar-refractivity contribution in [1.29, 1.82) is 0 Å². The molecule has 1 saturated heterocycles. The standard InChI is InChI=1S/C24H32N2O/c1-23(2)19-24(15-17-27-23,21-8-6-5-7-9-21)14-16-25-18-20-10-12-22(13-11-20)26(3)4/h5-13,18H,14-17,19H2,1-4H3. The van der Waals surface area contributed by atoms with Crippen LogP contribution in [0.2, 0.25) is 0 Å². The van der Waals surface area contributed by atoms with E-state index in [4.69, 9.17) is 9.73 Å². The first-order chi connectivity index (χ1) is 12.9. The molecule has 144 valence electrons. The SMILES string of the molecule is CN(C)c1ccc(C=NCCC2(c3ccccc3)CCOC(C)(C)C2)cc1. The van der Waals surface area contributed by atoms with Gasteiger partial charge in [0.05, 0.1) is 5.60 Å². The second-order valence-corrected chi connectivity index (χ2v) is 8.45. The second kappa shape index (κ2) is 8.26. The lowest BCUT2D eigenvalue weighted by molar-refractivity contribution is -0.0836.